The molecule has 0 aliphatic heterocycles. The van der Waals surface area contributed by atoms with Crippen LogP contribution in [0.4, 0.5) is 0 Å². The van der Waals surface area contributed by atoms with Gasteiger partial charge in [-0.1, -0.05) is 288 Å². The van der Waals surface area contributed by atoms with E-state index < -0.39 is 0 Å². The molecule has 0 unspecified atom stereocenters. The topological polar surface area (TPSA) is 0 Å². The van der Waals surface area contributed by atoms with E-state index in [0.717, 1.165) is 18.4 Å². The Morgan fingerprint density at radius 1 is 0.479 bits per heavy atom. The van der Waals surface area contributed by atoms with Crippen molar-refractivity contribution < 1.29 is 0 Å². The molecule has 380 valence electrons. The number of aryl methyl sites for hydroxylation is 3. The van der Waals surface area contributed by atoms with Gasteiger partial charge in [-0.05, 0) is 151 Å². The SMILES string of the molecule is C=C(C)/C=C/C=c1/cc(C)cc2cc/c(=C\c3cccc(C(CCCCCCCCCCCC)(CCCCCCCCCCCC)c4cccc(-c5cc(C)c6ccc7cc(C)cc8ccc5c6c78)c4)c3)cc12. The van der Waals surface area contributed by atoms with Crippen molar-refractivity contribution >= 4 is 55.2 Å². The molecule has 8 aromatic carbocycles. The maximum atomic E-state index is 4.09. The third-order valence-electron chi connectivity index (χ3n) is 16.3. The highest BCUT2D eigenvalue weighted by Crippen LogP contribution is 2.46. The normalized spacial score (nSPS) is 12.8. The van der Waals surface area contributed by atoms with Crippen LogP contribution in [0, 0.1) is 20.8 Å². The molecule has 0 saturated heterocycles. The minimum absolute atomic E-state index is 0.116. The van der Waals surface area contributed by atoms with Gasteiger partial charge in [-0.15, -0.1) is 0 Å². The van der Waals surface area contributed by atoms with Crippen LogP contribution in [0.15, 0.2) is 146 Å². The zero-order valence-electron chi connectivity index (χ0n) is 46.1. The molecule has 0 spiro atoms. The van der Waals surface area contributed by atoms with Crippen LogP contribution < -0.4 is 10.4 Å². The molecule has 0 heteroatoms. The molecule has 0 radical (unpaired) electrons. The minimum atomic E-state index is -0.116. The quantitative estimate of drug-likeness (QED) is 0.0261. The van der Waals surface area contributed by atoms with Gasteiger partial charge in [0.2, 0.25) is 0 Å². The van der Waals surface area contributed by atoms with Crippen LogP contribution in [0.3, 0.4) is 0 Å². The van der Waals surface area contributed by atoms with Crippen LogP contribution in [0.5, 0.6) is 0 Å². The minimum Gasteiger partial charge on any atom is -0.0961 e. The van der Waals surface area contributed by atoms with E-state index in [2.05, 4.69) is 194 Å². The molecule has 73 heavy (non-hydrogen) atoms. The summed E-state index contributed by atoms with van der Waals surface area (Å²) in [6.45, 7) is 17.5. The number of fused-ring (bicyclic) bond motifs is 1. The molecular formula is C73H88. The van der Waals surface area contributed by atoms with Gasteiger partial charge in [0.25, 0.3) is 0 Å². The van der Waals surface area contributed by atoms with Crippen molar-refractivity contribution in [3.05, 3.63) is 189 Å². The maximum Gasteiger partial charge on any atom is 0.0203 e. The number of unbranched alkanes of at least 4 members (excludes halogenated alkanes) is 18. The van der Waals surface area contributed by atoms with Crippen LogP contribution in [-0.2, 0) is 5.41 Å². The van der Waals surface area contributed by atoms with Crippen LogP contribution in [-0.4, -0.2) is 0 Å². The lowest BCUT2D eigenvalue weighted by atomic mass is 9.67. The number of hydrogen-bond acceptors (Lipinski definition) is 0. The second kappa shape index (κ2) is 26.5. The number of allylic oxidation sites excluding steroid dienone is 3. The van der Waals surface area contributed by atoms with E-state index in [9.17, 15) is 0 Å². The second-order valence-corrected chi connectivity index (χ2v) is 22.4. The monoisotopic (exact) mass is 965 g/mol. The van der Waals surface area contributed by atoms with Gasteiger partial charge in [0, 0.05) is 5.41 Å². The first-order valence-electron chi connectivity index (χ1n) is 29.1. The summed E-state index contributed by atoms with van der Waals surface area (Å²) in [6, 6.07) is 48.0. The summed E-state index contributed by atoms with van der Waals surface area (Å²) in [4.78, 5) is 0. The van der Waals surface area contributed by atoms with Crippen LogP contribution in [0.1, 0.15) is 195 Å². The molecule has 0 saturated carbocycles. The average Bonchev–Trinajstić information content (AvgIpc) is 3.39. The fourth-order valence-electron chi connectivity index (χ4n) is 12.4. The standard InChI is InChI=1S/C73H88/c1-8-10-12-14-16-18-20-22-24-26-43-73(44-27-25-23-21-19-17-15-13-11-9-2,65-35-29-32-58(51-65)50-59-37-38-62-46-55(5)45-60(69(62)52-59)33-28-31-54(3)4)66-36-30-34-61(53-66)70-49-57(7)67-41-39-63-47-56(6)48-64-40-42-68(70)72(67)71(63)64/h28-42,45-53H,3,8-27,43-44H2,1-2,4-7H3/b31-28+,59-50+,60-33-. The van der Waals surface area contributed by atoms with Crippen molar-refractivity contribution in [3.8, 4) is 11.1 Å². The highest BCUT2D eigenvalue weighted by molar-refractivity contribution is 6.26. The lowest BCUT2D eigenvalue weighted by Gasteiger charge is -2.37. The van der Waals surface area contributed by atoms with Gasteiger partial charge >= 0.3 is 0 Å². The van der Waals surface area contributed by atoms with Gasteiger partial charge in [0.15, 0.2) is 0 Å². The molecule has 8 rings (SSSR count). The Hall–Kier alpha value is -5.72. The maximum absolute atomic E-state index is 4.09. The Morgan fingerprint density at radius 3 is 1.63 bits per heavy atom. The molecule has 0 nitrogen and oxygen atoms in total. The van der Waals surface area contributed by atoms with E-state index in [-0.39, 0.29) is 5.41 Å². The van der Waals surface area contributed by atoms with Crippen molar-refractivity contribution in [1.82, 2.24) is 0 Å². The van der Waals surface area contributed by atoms with E-state index in [1.54, 1.807) is 0 Å². The summed E-state index contributed by atoms with van der Waals surface area (Å²) in [7, 11) is 0. The molecule has 0 aromatic heterocycles. The summed E-state index contributed by atoms with van der Waals surface area (Å²) in [5.41, 5.74) is 11.8. The van der Waals surface area contributed by atoms with Gasteiger partial charge in [-0.25, -0.2) is 0 Å². The molecule has 0 bridgehead atoms. The van der Waals surface area contributed by atoms with Gasteiger partial charge in [0.1, 0.15) is 0 Å². The lowest BCUT2D eigenvalue weighted by molar-refractivity contribution is 0.389. The molecule has 0 fully saturated rings. The molecular weight excluding hydrogens is 877 g/mol. The Balaban J connectivity index is 1.20. The Morgan fingerprint density at radius 2 is 1.01 bits per heavy atom. The predicted octanol–water partition coefficient (Wildman–Crippen LogP) is 21.0. The highest BCUT2D eigenvalue weighted by atomic mass is 14.4. The van der Waals surface area contributed by atoms with Crippen molar-refractivity contribution in [2.45, 2.75) is 188 Å². The van der Waals surface area contributed by atoms with Crippen LogP contribution in [0.25, 0.3) is 66.4 Å². The third kappa shape index (κ3) is 13.7. The van der Waals surface area contributed by atoms with Crippen LogP contribution >= 0.6 is 0 Å². The molecule has 0 N–H and O–H groups in total. The van der Waals surface area contributed by atoms with Crippen molar-refractivity contribution in [3.63, 3.8) is 0 Å². The fourth-order valence-corrected chi connectivity index (χ4v) is 12.4. The lowest BCUT2D eigenvalue weighted by Crippen LogP contribution is -2.28. The van der Waals surface area contributed by atoms with Gasteiger partial charge < -0.3 is 0 Å². The first-order valence-corrected chi connectivity index (χ1v) is 29.1. The molecule has 0 amide bonds. The molecule has 0 heterocycles. The number of benzene rings is 8. The summed E-state index contributed by atoms with van der Waals surface area (Å²) in [6.07, 6.45) is 38.2. The zero-order chi connectivity index (χ0) is 51.0. The first-order chi connectivity index (χ1) is 35.7. The van der Waals surface area contributed by atoms with E-state index in [4.69, 9.17) is 0 Å². The van der Waals surface area contributed by atoms with Gasteiger partial charge in [-0.2, -0.15) is 0 Å². The Labute approximate surface area is 441 Å². The van der Waals surface area contributed by atoms with Gasteiger partial charge in [-0.3, -0.25) is 0 Å². The molecule has 8 aromatic rings. The van der Waals surface area contributed by atoms with Crippen molar-refractivity contribution in [1.29, 1.82) is 0 Å². The van der Waals surface area contributed by atoms with Crippen molar-refractivity contribution in [2.24, 2.45) is 0 Å². The van der Waals surface area contributed by atoms with Crippen LogP contribution in [0.2, 0.25) is 0 Å². The number of rotatable bonds is 28. The summed E-state index contributed by atoms with van der Waals surface area (Å²) < 4.78 is 0. The van der Waals surface area contributed by atoms with Gasteiger partial charge in [0.05, 0.1) is 0 Å². The van der Waals surface area contributed by atoms with E-state index >= 15 is 0 Å². The zero-order valence-corrected chi connectivity index (χ0v) is 46.1. The molecule has 0 aliphatic carbocycles. The molecule has 0 atom stereocenters. The van der Waals surface area contributed by atoms with E-state index in [0.29, 0.717) is 0 Å². The van der Waals surface area contributed by atoms with E-state index in [1.807, 2.05) is 0 Å². The summed E-state index contributed by atoms with van der Waals surface area (Å²) in [5.74, 6) is 0. The summed E-state index contributed by atoms with van der Waals surface area (Å²) >= 11 is 0. The average molecular weight is 966 g/mol. The Bertz CT molecular complexity index is 3180. The summed E-state index contributed by atoms with van der Waals surface area (Å²) in [5, 5.41) is 13.3. The van der Waals surface area contributed by atoms with E-state index in [1.165, 1.54) is 226 Å². The Kier molecular flexibility index (Phi) is 19.4. The first kappa shape index (κ1) is 53.6. The highest BCUT2D eigenvalue weighted by Gasteiger charge is 2.34. The number of hydrogen-bond donors (Lipinski definition) is 0. The predicted molar refractivity (Wildman–Crippen MR) is 325 cm³/mol. The molecule has 0 aliphatic rings. The largest absolute Gasteiger partial charge is 0.0961 e. The third-order valence-corrected chi connectivity index (χ3v) is 16.3. The van der Waals surface area contributed by atoms with Crippen molar-refractivity contribution in [2.75, 3.05) is 0 Å². The smallest absolute Gasteiger partial charge is 0.0203 e. The fraction of sp³-hybridized carbons (Fsp3) is 0.397. The second-order valence-electron chi connectivity index (χ2n) is 22.4.